The third kappa shape index (κ3) is 4.30. The minimum atomic E-state index is -1.26. The second kappa shape index (κ2) is 8.56. The molecule has 0 aromatic heterocycles. The van der Waals surface area contributed by atoms with E-state index in [1.807, 2.05) is 6.08 Å². The second-order valence-corrected chi connectivity index (χ2v) is 9.84. The molecule has 0 radical (unpaired) electrons. The van der Waals surface area contributed by atoms with Gasteiger partial charge >= 0.3 is 11.9 Å². The van der Waals surface area contributed by atoms with E-state index in [4.69, 9.17) is 10.2 Å². The van der Waals surface area contributed by atoms with Crippen LogP contribution in [0.5, 0.6) is 0 Å². The van der Waals surface area contributed by atoms with Crippen molar-refractivity contribution >= 4 is 23.5 Å². The zero-order valence-electron chi connectivity index (χ0n) is 18.5. The summed E-state index contributed by atoms with van der Waals surface area (Å²) in [5.41, 5.74) is 3.27. The maximum absolute atomic E-state index is 12.1. The van der Waals surface area contributed by atoms with E-state index in [1.165, 1.54) is 18.4 Å². The number of carbonyl (C=O) groups excluding carboxylic acids is 2. The normalized spacial score (nSPS) is 36.2. The lowest BCUT2D eigenvalue weighted by molar-refractivity contribution is -0.134. The van der Waals surface area contributed by atoms with Gasteiger partial charge in [-0.15, -0.1) is 0 Å². The predicted molar refractivity (Wildman–Crippen MR) is 115 cm³/mol. The Morgan fingerprint density at radius 2 is 1.68 bits per heavy atom. The molecule has 2 N–H and O–H groups in total. The molecule has 2 saturated carbocycles. The minimum absolute atomic E-state index is 0.118. The molecule has 0 bridgehead atoms. The van der Waals surface area contributed by atoms with Crippen molar-refractivity contribution in [3.8, 4) is 0 Å². The predicted octanol–water partition coefficient (Wildman–Crippen LogP) is 4.36. The van der Waals surface area contributed by atoms with Crippen LogP contribution in [0.1, 0.15) is 65.7 Å². The maximum atomic E-state index is 12.1. The van der Waals surface area contributed by atoms with Crippen molar-refractivity contribution in [1.29, 1.82) is 0 Å². The molecule has 4 aliphatic rings. The Kier molecular flexibility index (Phi) is 6.40. The van der Waals surface area contributed by atoms with Gasteiger partial charge in [0.2, 0.25) is 0 Å². The van der Waals surface area contributed by atoms with E-state index >= 15 is 0 Å². The summed E-state index contributed by atoms with van der Waals surface area (Å²) in [5.74, 6) is -0.268. The van der Waals surface area contributed by atoms with Gasteiger partial charge in [0, 0.05) is 29.9 Å². The number of carbonyl (C=O) groups is 4. The van der Waals surface area contributed by atoms with E-state index in [1.54, 1.807) is 12.5 Å². The monoisotopic (exact) mass is 428 g/mol. The molecule has 6 heteroatoms. The molecule has 0 unspecified atom stereocenters. The van der Waals surface area contributed by atoms with E-state index in [2.05, 4.69) is 19.9 Å². The van der Waals surface area contributed by atoms with Crippen LogP contribution in [0, 0.1) is 28.6 Å². The molecule has 0 aliphatic heterocycles. The lowest BCUT2D eigenvalue weighted by Crippen LogP contribution is -2.45. The molecular weight excluding hydrogens is 396 g/mol. The molecule has 0 heterocycles. The van der Waals surface area contributed by atoms with Gasteiger partial charge in [-0.05, 0) is 68.8 Å². The fraction of sp³-hybridized carbons (Fsp3) is 0.600. The van der Waals surface area contributed by atoms with Crippen molar-refractivity contribution < 1.29 is 29.4 Å². The maximum Gasteiger partial charge on any atom is 0.328 e. The summed E-state index contributed by atoms with van der Waals surface area (Å²) in [5, 5.41) is 15.6. The van der Waals surface area contributed by atoms with E-state index in [9.17, 15) is 19.2 Å². The van der Waals surface area contributed by atoms with Crippen molar-refractivity contribution in [1.82, 2.24) is 0 Å². The Balaban J connectivity index is 0.000000293. The SMILES string of the molecule is CC(=O)[C@H]1CC[C@H]2[C@@H]3CCC4=CC(=O)CC[C@]4(C)C3=CC[C@]12C.O=C(O)/C=C/C(=O)O. The number of carboxylic acid groups (broad SMARTS) is 2. The Bertz CT molecular complexity index is 878. The van der Waals surface area contributed by atoms with E-state index in [0.29, 0.717) is 42.0 Å². The van der Waals surface area contributed by atoms with Crippen LogP contribution in [-0.4, -0.2) is 33.7 Å². The first-order valence-corrected chi connectivity index (χ1v) is 11.1. The van der Waals surface area contributed by atoms with E-state index in [-0.39, 0.29) is 16.7 Å². The summed E-state index contributed by atoms with van der Waals surface area (Å²) >= 11 is 0. The van der Waals surface area contributed by atoms with Crippen LogP contribution in [0.4, 0.5) is 0 Å². The van der Waals surface area contributed by atoms with Crippen molar-refractivity contribution in [3.05, 3.63) is 35.5 Å². The van der Waals surface area contributed by atoms with Crippen molar-refractivity contribution in [3.63, 3.8) is 0 Å². The first-order chi connectivity index (χ1) is 14.5. The molecule has 0 aromatic rings. The number of ketones is 2. The van der Waals surface area contributed by atoms with Crippen LogP contribution in [0.3, 0.4) is 0 Å². The minimum Gasteiger partial charge on any atom is -0.478 e. The molecule has 0 aromatic carbocycles. The first kappa shape index (κ1) is 23.2. The summed E-state index contributed by atoms with van der Waals surface area (Å²) in [4.78, 5) is 43.1. The number of fused-ring (bicyclic) bond motifs is 5. The number of carboxylic acids is 2. The molecule has 2 fully saturated rings. The highest BCUT2D eigenvalue weighted by Crippen LogP contribution is 2.64. The highest BCUT2D eigenvalue weighted by molar-refractivity contribution is 5.92. The largest absolute Gasteiger partial charge is 0.478 e. The third-order valence-electron chi connectivity index (χ3n) is 8.19. The smallest absolute Gasteiger partial charge is 0.328 e. The van der Waals surface area contributed by atoms with Crippen molar-refractivity contribution in [2.75, 3.05) is 0 Å². The lowest BCUT2D eigenvalue weighted by atomic mass is 9.51. The average molecular weight is 429 g/mol. The zero-order chi connectivity index (χ0) is 23.0. The number of hydrogen-bond acceptors (Lipinski definition) is 4. The molecule has 31 heavy (non-hydrogen) atoms. The number of rotatable bonds is 3. The van der Waals surface area contributed by atoms with Crippen LogP contribution >= 0.6 is 0 Å². The lowest BCUT2D eigenvalue weighted by Gasteiger charge is -2.53. The fourth-order valence-corrected chi connectivity index (χ4v) is 6.67. The van der Waals surface area contributed by atoms with Crippen molar-refractivity contribution in [2.24, 2.45) is 28.6 Å². The highest BCUT2D eigenvalue weighted by Gasteiger charge is 2.56. The van der Waals surface area contributed by atoms with Crippen LogP contribution in [0.15, 0.2) is 35.5 Å². The molecule has 4 rings (SSSR count). The quantitative estimate of drug-likeness (QED) is 0.511. The van der Waals surface area contributed by atoms with Gasteiger partial charge in [0.05, 0.1) is 0 Å². The van der Waals surface area contributed by atoms with Gasteiger partial charge in [-0.2, -0.15) is 0 Å². The average Bonchev–Trinajstić information content (AvgIpc) is 3.05. The van der Waals surface area contributed by atoms with Crippen molar-refractivity contribution in [2.45, 2.75) is 65.7 Å². The molecule has 0 amide bonds. The van der Waals surface area contributed by atoms with Gasteiger partial charge in [0.15, 0.2) is 5.78 Å². The summed E-state index contributed by atoms with van der Waals surface area (Å²) in [6.45, 7) is 6.51. The van der Waals surface area contributed by atoms with Crippen LogP contribution < -0.4 is 0 Å². The number of allylic oxidation sites excluding steroid dienone is 4. The van der Waals surface area contributed by atoms with Gasteiger partial charge in [0.1, 0.15) is 5.78 Å². The Hall–Kier alpha value is -2.50. The molecule has 0 spiro atoms. The standard InChI is InChI=1S/C21H28O2.C4H4O4/c1-13(22)17-6-7-18-16-5-4-14-12-15(23)8-10-20(14,2)19(16)9-11-21(17,18)3;5-3(6)1-2-4(7)8/h9,12,16-18H,4-8,10-11H2,1-3H3;1-2H,(H,5,6)(H,7,8)/b;2-1+/t16-,17+,18-,20-,21+;/m0./s1. The summed E-state index contributed by atoms with van der Waals surface area (Å²) in [7, 11) is 0. The van der Waals surface area contributed by atoms with Gasteiger partial charge in [-0.25, -0.2) is 9.59 Å². The third-order valence-corrected chi connectivity index (χ3v) is 8.19. The van der Waals surface area contributed by atoms with E-state index in [0.717, 1.165) is 25.7 Å². The summed E-state index contributed by atoms with van der Waals surface area (Å²) < 4.78 is 0. The Morgan fingerprint density at radius 3 is 2.26 bits per heavy atom. The van der Waals surface area contributed by atoms with Gasteiger partial charge in [0.25, 0.3) is 0 Å². The fourth-order valence-electron chi connectivity index (χ4n) is 6.67. The molecule has 5 atom stereocenters. The molecule has 6 nitrogen and oxygen atoms in total. The molecular formula is C25H32O6. The topological polar surface area (TPSA) is 109 Å². The number of aliphatic carboxylic acids is 2. The Labute approximate surface area is 183 Å². The highest BCUT2D eigenvalue weighted by atomic mass is 16.4. The molecule has 4 aliphatic carbocycles. The van der Waals surface area contributed by atoms with E-state index < -0.39 is 11.9 Å². The summed E-state index contributed by atoms with van der Waals surface area (Å²) in [6.07, 6.45) is 12.8. The second-order valence-electron chi connectivity index (χ2n) is 9.84. The van der Waals surface area contributed by atoms with Crippen LogP contribution in [-0.2, 0) is 19.2 Å². The molecule has 168 valence electrons. The van der Waals surface area contributed by atoms with Gasteiger partial charge in [-0.1, -0.05) is 31.1 Å². The summed E-state index contributed by atoms with van der Waals surface area (Å²) in [6, 6.07) is 0. The number of hydrogen-bond donors (Lipinski definition) is 2. The van der Waals surface area contributed by atoms with Crippen LogP contribution in [0.2, 0.25) is 0 Å². The number of Topliss-reactive ketones (excluding diaryl/α,β-unsaturated/α-hetero) is 1. The van der Waals surface area contributed by atoms with Crippen LogP contribution in [0.25, 0.3) is 0 Å². The molecule has 0 saturated heterocycles. The zero-order valence-corrected chi connectivity index (χ0v) is 18.5. The van der Waals surface area contributed by atoms with Gasteiger partial charge in [-0.3, -0.25) is 9.59 Å². The first-order valence-electron chi connectivity index (χ1n) is 11.1. The Morgan fingerprint density at radius 1 is 1.03 bits per heavy atom. The van der Waals surface area contributed by atoms with Gasteiger partial charge < -0.3 is 10.2 Å².